The first-order valence-electron chi connectivity index (χ1n) is 5.75. The van der Waals surface area contributed by atoms with E-state index in [1.807, 2.05) is 30.3 Å². The molecule has 0 saturated carbocycles. The van der Waals surface area contributed by atoms with Gasteiger partial charge in [0.1, 0.15) is 6.54 Å². The zero-order chi connectivity index (χ0) is 15.7. The second-order valence-electron chi connectivity index (χ2n) is 3.73. The van der Waals surface area contributed by atoms with Gasteiger partial charge in [0.2, 0.25) is 0 Å². The van der Waals surface area contributed by atoms with Gasteiger partial charge < -0.3 is 10.1 Å². The summed E-state index contributed by atoms with van der Waals surface area (Å²) in [5, 5.41) is 3.05. The molecule has 21 heavy (non-hydrogen) atoms. The standard InChI is InChI=1S/C13H12F3NO3S/c14-13(15,16)9-17-11(18)8-20-12(19)6-7-21-10-4-2-1-3-5-10/h1-7H,8-9H2,(H,17,18)/b7-6+. The lowest BCUT2D eigenvalue weighted by Gasteiger charge is -2.07. The summed E-state index contributed by atoms with van der Waals surface area (Å²) in [7, 11) is 0. The van der Waals surface area contributed by atoms with Crippen LogP contribution in [-0.2, 0) is 14.3 Å². The third kappa shape index (κ3) is 8.74. The van der Waals surface area contributed by atoms with E-state index < -0.39 is 31.2 Å². The van der Waals surface area contributed by atoms with Gasteiger partial charge in [0.15, 0.2) is 6.61 Å². The normalized spacial score (nSPS) is 11.4. The molecule has 0 fully saturated rings. The van der Waals surface area contributed by atoms with Crippen LogP contribution in [0.25, 0.3) is 0 Å². The van der Waals surface area contributed by atoms with Gasteiger partial charge in [-0.15, -0.1) is 0 Å². The highest BCUT2D eigenvalue weighted by molar-refractivity contribution is 8.02. The molecule has 0 aliphatic carbocycles. The van der Waals surface area contributed by atoms with E-state index >= 15 is 0 Å². The maximum absolute atomic E-state index is 11.8. The molecule has 1 N–H and O–H groups in total. The van der Waals surface area contributed by atoms with Crippen LogP contribution in [0.3, 0.4) is 0 Å². The minimum Gasteiger partial charge on any atom is -0.452 e. The Bertz CT molecular complexity index is 503. The van der Waals surface area contributed by atoms with Crippen LogP contribution in [0.4, 0.5) is 13.2 Å². The van der Waals surface area contributed by atoms with Crippen molar-refractivity contribution in [1.29, 1.82) is 0 Å². The van der Waals surface area contributed by atoms with Crippen molar-refractivity contribution in [2.75, 3.05) is 13.2 Å². The van der Waals surface area contributed by atoms with Gasteiger partial charge in [-0.25, -0.2) is 4.79 Å². The average molecular weight is 319 g/mol. The van der Waals surface area contributed by atoms with Crippen LogP contribution in [0, 0.1) is 0 Å². The van der Waals surface area contributed by atoms with E-state index in [0.29, 0.717) is 0 Å². The Morgan fingerprint density at radius 3 is 2.52 bits per heavy atom. The Labute approximate surface area is 123 Å². The van der Waals surface area contributed by atoms with Gasteiger partial charge >= 0.3 is 12.1 Å². The predicted molar refractivity (Wildman–Crippen MR) is 71.5 cm³/mol. The van der Waals surface area contributed by atoms with Crippen molar-refractivity contribution >= 4 is 23.6 Å². The van der Waals surface area contributed by atoms with Crippen molar-refractivity contribution in [3.8, 4) is 0 Å². The minimum atomic E-state index is -4.49. The highest BCUT2D eigenvalue weighted by Gasteiger charge is 2.27. The smallest absolute Gasteiger partial charge is 0.405 e. The van der Waals surface area contributed by atoms with Crippen LogP contribution in [0.2, 0.25) is 0 Å². The Morgan fingerprint density at radius 2 is 1.90 bits per heavy atom. The van der Waals surface area contributed by atoms with Gasteiger partial charge in [-0.1, -0.05) is 30.0 Å². The highest BCUT2D eigenvalue weighted by Crippen LogP contribution is 2.17. The Kier molecular flexibility index (Phi) is 6.80. The van der Waals surface area contributed by atoms with Gasteiger partial charge in [-0.05, 0) is 17.5 Å². The van der Waals surface area contributed by atoms with Gasteiger partial charge in [0, 0.05) is 11.0 Å². The molecule has 1 amide bonds. The number of ether oxygens (including phenoxy) is 1. The second kappa shape index (κ2) is 8.35. The second-order valence-corrected chi connectivity index (χ2v) is 4.71. The van der Waals surface area contributed by atoms with Gasteiger partial charge in [0.05, 0.1) is 0 Å². The Hall–Kier alpha value is -1.96. The van der Waals surface area contributed by atoms with Crippen LogP contribution in [0.5, 0.6) is 0 Å². The molecule has 0 radical (unpaired) electrons. The van der Waals surface area contributed by atoms with Gasteiger partial charge in [0.25, 0.3) is 5.91 Å². The zero-order valence-corrected chi connectivity index (χ0v) is 11.5. The molecule has 1 rings (SSSR count). The number of nitrogens with one attached hydrogen (secondary N) is 1. The van der Waals surface area contributed by atoms with Crippen molar-refractivity contribution in [2.45, 2.75) is 11.1 Å². The summed E-state index contributed by atoms with van der Waals surface area (Å²) >= 11 is 1.27. The number of hydrogen-bond acceptors (Lipinski definition) is 4. The van der Waals surface area contributed by atoms with E-state index in [0.717, 1.165) is 11.0 Å². The van der Waals surface area contributed by atoms with Gasteiger partial charge in [-0.3, -0.25) is 4.79 Å². The number of rotatable bonds is 6. The average Bonchev–Trinajstić information content (AvgIpc) is 2.43. The lowest BCUT2D eigenvalue weighted by molar-refractivity contribution is -0.148. The Balaban J connectivity index is 2.23. The fourth-order valence-corrected chi connectivity index (χ4v) is 1.75. The molecule has 8 heteroatoms. The number of esters is 1. The molecule has 0 saturated heterocycles. The molecule has 1 aromatic rings. The van der Waals surface area contributed by atoms with Crippen LogP contribution in [-0.4, -0.2) is 31.2 Å². The summed E-state index contributed by atoms with van der Waals surface area (Å²) in [5.41, 5.74) is 0. The molecule has 114 valence electrons. The molecular weight excluding hydrogens is 307 g/mol. The summed E-state index contributed by atoms with van der Waals surface area (Å²) in [4.78, 5) is 23.1. The SMILES string of the molecule is O=C(COC(=O)/C=C/Sc1ccccc1)NCC(F)(F)F. The van der Waals surface area contributed by atoms with Crippen LogP contribution < -0.4 is 5.32 Å². The van der Waals surface area contributed by atoms with Crippen molar-refractivity contribution in [3.63, 3.8) is 0 Å². The molecule has 0 atom stereocenters. The fraction of sp³-hybridized carbons (Fsp3) is 0.231. The maximum Gasteiger partial charge on any atom is 0.405 e. The maximum atomic E-state index is 11.8. The van der Waals surface area contributed by atoms with Crippen molar-refractivity contribution < 1.29 is 27.5 Å². The number of carbonyl (C=O) groups excluding carboxylic acids is 2. The monoisotopic (exact) mass is 319 g/mol. The molecule has 0 heterocycles. The lowest BCUT2D eigenvalue weighted by Crippen LogP contribution is -2.36. The molecule has 4 nitrogen and oxygen atoms in total. The number of alkyl halides is 3. The first-order chi connectivity index (χ1) is 9.87. The van der Waals surface area contributed by atoms with Gasteiger partial charge in [-0.2, -0.15) is 13.2 Å². The molecular formula is C13H12F3NO3S. The van der Waals surface area contributed by atoms with E-state index in [-0.39, 0.29) is 0 Å². The first-order valence-corrected chi connectivity index (χ1v) is 6.63. The van der Waals surface area contributed by atoms with Crippen LogP contribution in [0.1, 0.15) is 0 Å². The predicted octanol–water partition coefficient (Wildman–Crippen LogP) is 2.51. The number of carbonyl (C=O) groups is 2. The third-order valence-corrected chi connectivity index (χ3v) is 2.80. The molecule has 0 bridgehead atoms. The van der Waals surface area contributed by atoms with Crippen molar-refractivity contribution in [1.82, 2.24) is 5.32 Å². The number of hydrogen-bond donors (Lipinski definition) is 1. The summed E-state index contributed by atoms with van der Waals surface area (Å²) in [6.07, 6.45) is -3.40. The molecule has 0 unspecified atom stereocenters. The van der Waals surface area contributed by atoms with E-state index in [4.69, 9.17) is 0 Å². The molecule has 0 aliphatic rings. The summed E-state index contributed by atoms with van der Waals surface area (Å²) < 4.78 is 39.9. The quantitative estimate of drug-likeness (QED) is 0.497. The van der Waals surface area contributed by atoms with Crippen LogP contribution >= 0.6 is 11.8 Å². The van der Waals surface area contributed by atoms with Crippen molar-refractivity contribution in [3.05, 3.63) is 41.8 Å². The molecule has 0 spiro atoms. The highest BCUT2D eigenvalue weighted by atomic mass is 32.2. The zero-order valence-electron chi connectivity index (χ0n) is 10.7. The first kappa shape index (κ1) is 17.1. The van der Waals surface area contributed by atoms with E-state index in [2.05, 4.69) is 4.74 Å². The summed E-state index contributed by atoms with van der Waals surface area (Å²) in [6.45, 7) is -2.21. The summed E-state index contributed by atoms with van der Waals surface area (Å²) in [6, 6.07) is 9.19. The molecule has 0 aromatic heterocycles. The topological polar surface area (TPSA) is 55.4 Å². The number of benzene rings is 1. The van der Waals surface area contributed by atoms with E-state index in [1.54, 1.807) is 5.32 Å². The summed E-state index contributed by atoms with van der Waals surface area (Å²) in [5.74, 6) is -1.81. The molecule has 1 aromatic carbocycles. The molecule has 0 aliphatic heterocycles. The van der Waals surface area contributed by atoms with E-state index in [1.165, 1.54) is 17.2 Å². The number of amides is 1. The Morgan fingerprint density at radius 1 is 1.24 bits per heavy atom. The van der Waals surface area contributed by atoms with Crippen LogP contribution in [0.15, 0.2) is 46.7 Å². The number of thioether (sulfide) groups is 1. The third-order valence-electron chi connectivity index (χ3n) is 1.98. The van der Waals surface area contributed by atoms with E-state index in [9.17, 15) is 22.8 Å². The lowest BCUT2D eigenvalue weighted by atomic mass is 10.4. The number of halogens is 3. The van der Waals surface area contributed by atoms with Crippen molar-refractivity contribution in [2.24, 2.45) is 0 Å². The minimum absolute atomic E-state index is 0.755. The fourth-order valence-electron chi connectivity index (χ4n) is 1.10. The largest absolute Gasteiger partial charge is 0.452 e.